The van der Waals surface area contributed by atoms with Gasteiger partial charge in [-0.2, -0.15) is 0 Å². The number of ether oxygens (including phenoxy) is 2. The Morgan fingerprint density at radius 3 is 2.51 bits per heavy atom. The van der Waals surface area contributed by atoms with Crippen LogP contribution in [0.1, 0.15) is 37.4 Å². The fraction of sp³-hybridized carbons (Fsp3) is 0.241. The van der Waals surface area contributed by atoms with Crippen LogP contribution in [0.2, 0.25) is 5.15 Å². The van der Waals surface area contributed by atoms with Gasteiger partial charge in [0.15, 0.2) is 5.79 Å². The monoisotopic (exact) mass is 513 g/mol. The lowest BCUT2D eigenvalue weighted by atomic mass is 9.95. The van der Waals surface area contributed by atoms with Crippen molar-refractivity contribution in [3.63, 3.8) is 0 Å². The molecule has 0 radical (unpaired) electrons. The number of carbonyl (C=O) groups is 2. The largest absolute Gasteiger partial charge is 0.361 e. The summed E-state index contributed by atoms with van der Waals surface area (Å²) in [6.07, 6.45) is 6.34. The Labute approximate surface area is 217 Å². The number of hydrogen-bond acceptors (Lipinski definition) is 4. The van der Waals surface area contributed by atoms with Gasteiger partial charge in [0.2, 0.25) is 0 Å². The van der Waals surface area contributed by atoms with Crippen LogP contribution in [0.15, 0.2) is 66.9 Å². The quantitative estimate of drug-likeness (QED) is 0.285. The summed E-state index contributed by atoms with van der Waals surface area (Å²) >= 11 is 7.15. The van der Waals surface area contributed by atoms with E-state index in [1.165, 1.54) is 0 Å². The zero-order valence-corrected chi connectivity index (χ0v) is 21.0. The molecular weight excluding hydrogens is 490 g/mol. The Morgan fingerprint density at radius 2 is 1.68 bits per heavy atom. The number of carbonyl (C=O) groups excluding carboxylic acids is 2. The van der Waals surface area contributed by atoms with Gasteiger partial charge in [-0.3, -0.25) is 14.9 Å². The van der Waals surface area contributed by atoms with Crippen LogP contribution in [0.5, 0.6) is 0 Å². The summed E-state index contributed by atoms with van der Waals surface area (Å²) < 4.78 is 14.2. The van der Waals surface area contributed by atoms with E-state index < -0.39 is 17.6 Å². The van der Waals surface area contributed by atoms with Crippen LogP contribution >= 0.6 is 11.6 Å². The maximum Gasteiger partial charge on any atom is 0.259 e. The predicted octanol–water partition coefficient (Wildman–Crippen LogP) is 5.36. The highest BCUT2D eigenvalue weighted by atomic mass is 35.5. The van der Waals surface area contributed by atoms with Crippen molar-refractivity contribution < 1.29 is 19.1 Å². The summed E-state index contributed by atoms with van der Waals surface area (Å²) in [5.41, 5.74) is 3.59. The van der Waals surface area contributed by atoms with E-state index in [2.05, 4.69) is 16.4 Å². The molecule has 1 aliphatic carbocycles. The first-order valence-corrected chi connectivity index (χ1v) is 12.7. The Bertz CT molecular complexity index is 1690. The maximum absolute atomic E-state index is 13.3. The van der Waals surface area contributed by atoms with Gasteiger partial charge in [0.1, 0.15) is 11.3 Å². The molecule has 4 heterocycles. The van der Waals surface area contributed by atoms with E-state index in [-0.39, 0.29) is 23.8 Å². The van der Waals surface area contributed by atoms with Crippen LogP contribution in [0, 0.1) is 0 Å². The Kier molecular flexibility index (Phi) is 4.83. The number of nitrogens with zero attached hydrogens (tertiary/aromatic N) is 1. The number of para-hydroxylation sites is 2. The summed E-state index contributed by atoms with van der Waals surface area (Å²) in [6.45, 7) is 3.83. The van der Waals surface area contributed by atoms with E-state index >= 15 is 0 Å². The van der Waals surface area contributed by atoms with Crippen LogP contribution in [-0.2, 0) is 19.1 Å². The maximum atomic E-state index is 13.3. The second-order valence-electron chi connectivity index (χ2n) is 10.2. The second kappa shape index (κ2) is 7.92. The smallest absolute Gasteiger partial charge is 0.259 e. The molecule has 2 N–H and O–H groups in total. The molecule has 8 heteroatoms. The summed E-state index contributed by atoms with van der Waals surface area (Å²) in [5, 5.41) is 4.58. The van der Waals surface area contributed by atoms with Crippen molar-refractivity contribution in [3.05, 3.63) is 83.2 Å². The SMILES string of the molecule is CC1(C)O[C@H]2C=CC(n3c(Cl)c(C4=C(c5c[nH]c6ccccc56)C(=O)NC4=O)c4ccccc43)C[C@H]2O1. The highest BCUT2D eigenvalue weighted by Crippen LogP contribution is 2.45. The van der Waals surface area contributed by atoms with Crippen molar-refractivity contribution in [3.8, 4) is 0 Å². The van der Waals surface area contributed by atoms with Gasteiger partial charge in [-0.05, 0) is 26.0 Å². The minimum atomic E-state index is -0.649. The molecule has 0 saturated carbocycles. The number of rotatable bonds is 3. The van der Waals surface area contributed by atoms with Crippen molar-refractivity contribution in [2.75, 3.05) is 0 Å². The average Bonchev–Trinajstić information content (AvgIpc) is 3.57. The van der Waals surface area contributed by atoms with Crippen LogP contribution < -0.4 is 5.32 Å². The van der Waals surface area contributed by atoms with E-state index in [9.17, 15) is 9.59 Å². The lowest BCUT2D eigenvalue weighted by molar-refractivity contribution is -0.143. The molecule has 3 atom stereocenters. The first-order valence-electron chi connectivity index (χ1n) is 12.3. The van der Waals surface area contributed by atoms with E-state index in [1.807, 2.05) is 73.0 Å². The zero-order chi connectivity index (χ0) is 25.5. The third-order valence-electron chi connectivity index (χ3n) is 7.44. The molecule has 2 aromatic carbocycles. The molecule has 186 valence electrons. The van der Waals surface area contributed by atoms with E-state index in [1.54, 1.807) is 6.20 Å². The van der Waals surface area contributed by atoms with Gasteiger partial charge in [-0.15, -0.1) is 0 Å². The number of amides is 2. The number of aromatic amines is 1. The highest BCUT2D eigenvalue weighted by Gasteiger charge is 2.44. The summed E-state index contributed by atoms with van der Waals surface area (Å²) in [7, 11) is 0. The fourth-order valence-electron chi connectivity index (χ4n) is 5.98. The number of fused-ring (bicyclic) bond motifs is 3. The first-order chi connectivity index (χ1) is 17.8. The molecule has 1 saturated heterocycles. The van der Waals surface area contributed by atoms with Crippen molar-refractivity contribution in [2.24, 2.45) is 0 Å². The minimum absolute atomic E-state index is 0.108. The Hall–Kier alpha value is -3.65. The highest BCUT2D eigenvalue weighted by molar-refractivity contribution is 6.52. The molecule has 7 nitrogen and oxygen atoms in total. The molecule has 4 aromatic rings. The molecule has 1 unspecified atom stereocenters. The lowest BCUT2D eigenvalue weighted by Gasteiger charge is -2.27. The predicted molar refractivity (Wildman–Crippen MR) is 142 cm³/mol. The molecule has 2 amide bonds. The van der Waals surface area contributed by atoms with Gasteiger partial charge < -0.3 is 19.0 Å². The number of imide groups is 1. The minimum Gasteiger partial charge on any atom is -0.361 e. The topological polar surface area (TPSA) is 85.4 Å². The molecule has 3 aliphatic rings. The van der Waals surface area contributed by atoms with Crippen molar-refractivity contribution in [1.82, 2.24) is 14.9 Å². The van der Waals surface area contributed by atoms with Crippen molar-refractivity contribution in [1.29, 1.82) is 0 Å². The summed E-state index contributed by atoms with van der Waals surface area (Å²) in [5.74, 6) is -1.54. The molecule has 2 aliphatic heterocycles. The first kappa shape index (κ1) is 22.5. The molecule has 0 spiro atoms. The van der Waals surface area contributed by atoms with Gasteiger partial charge in [0, 0.05) is 40.0 Å². The Morgan fingerprint density at radius 1 is 0.946 bits per heavy atom. The van der Waals surface area contributed by atoms with Gasteiger partial charge in [-0.1, -0.05) is 60.2 Å². The van der Waals surface area contributed by atoms with Gasteiger partial charge in [0.05, 0.1) is 28.8 Å². The van der Waals surface area contributed by atoms with Gasteiger partial charge in [-0.25, -0.2) is 0 Å². The number of hydrogen-bond donors (Lipinski definition) is 2. The van der Waals surface area contributed by atoms with Crippen LogP contribution in [0.4, 0.5) is 0 Å². The van der Waals surface area contributed by atoms with E-state index in [0.29, 0.717) is 28.3 Å². The second-order valence-corrected chi connectivity index (χ2v) is 10.5. The third kappa shape index (κ3) is 3.35. The Balaban J connectivity index is 1.44. The molecular formula is C29H24ClN3O4. The molecule has 2 aromatic heterocycles. The van der Waals surface area contributed by atoms with E-state index in [4.69, 9.17) is 21.1 Å². The lowest BCUT2D eigenvalue weighted by Crippen LogP contribution is -2.28. The third-order valence-corrected chi connectivity index (χ3v) is 7.81. The van der Waals surface area contributed by atoms with Crippen LogP contribution in [0.25, 0.3) is 33.0 Å². The summed E-state index contributed by atoms with van der Waals surface area (Å²) in [4.78, 5) is 29.7. The van der Waals surface area contributed by atoms with Gasteiger partial charge >= 0.3 is 0 Å². The van der Waals surface area contributed by atoms with Gasteiger partial charge in [0.25, 0.3) is 11.8 Å². The fourth-order valence-corrected chi connectivity index (χ4v) is 6.39. The van der Waals surface area contributed by atoms with Crippen molar-refractivity contribution >= 4 is 56.4 Å². The number of benzene rings is 2. The van der Waals surface area contributed by atoms with Crippen molar-refractivity contribution in [2.45, 2.75) is 44.3 Å². The number of H-pyrrole nitrogens is 1. The molecule has 37 heavy (non-hydrogen) atoms. The van der Waals surface area contributed by atoms with E-state index in [0.717, 1.165) is 21.8 Å². The number of allylic oxidation sites excluding steroid dienone is 1. The standard InChI is InChI=1S/C29H24ClN3O4/c1-29(2)36-21-12-11-15(13-22(21)37-29)33-20-10-6-4-8-17(20)23(26(33)30)25-24(27(34)32-28(25)35)18-14-31-19-9-5-3-7-16(18)19/h3-12,14-15,21-22,31H,13H2,1-2H3,(H,32,34,35)/t15?,21-,22+/m0/s1. The molecule has 7 rings (SSSR count). The molecule has 1 fully saturated rings. The number of aromatic nitrogens is 2. The number of halogens is 1. The average molecular weight is 514 g/mol. The van der Waals surface area contributed by atoms with Crippen LogP contribution in [0.3, 0.4) is 0 Å². The number of nitrogens with one attached hydrogen (secondary N) is 2. The molecule has 0 bridgehead atoms. The normalized spacial score (nSPS) is 24.9. The van der Waals surface area contributed by atoms with Crippen LogP contribution in [-0.4, -0.2) is 39.4 Å². The summed E-state index contributed by atoms with van der Waals surface area (Å²) in [6, 6.07) is 15.4. The zero-order valence-electron chi connectivity index (χ0n) is 20.2.